The Morgan fingerprint density at radius 2 is 1.90 bits per heavy atom. The largest absolute Gasteiger partial charge is 0.356 e. The molecule has 2 heterocycles. The fraction of sp³-hybridized carbons (Fsp3) is 0.526. The summed E-state index contributed by atoms with van der Waals surface area (Å²) in [6.45, 7) is 6.35. The number of aryl methyl sites for hydroxylation is 1. The Morgan fingerprint density at radius 3 is 2.45 bits per heavy atom. The van der Waals surface area contributed by atoms with Gasteiger partial charge in [-0.2, -0.15) is 4.37 Å². The van der Waals surface area contributed by atoms with Gasteiger partial charge in [0.1, 0.15) is 5.82 Å². The van der Waals surface area contributed by atoms with Gasteiger partial charge in [0.05, 0.1) is 4.90 Å². The van der Waals surface area contributed by atoms with Gasteiger partial charge in [-0.1, -0.05) is 19.1 Å². The predicted molar refractivity (Wildman–Crippen MR) is 118 cm³/mol. The lowest BCUT2D eigenvalue weighted by atomic mass is 10.1. The number of guanidine groups is 1. The van der Waals surface area contributed by atoms with Gasteiger partial charge in [-0.05, 0) is 24.1 Å². The molecule has 1 aromatic carbocycles. The molecule has 0 amide bonds. The van der Waals surface area contributed by atoms with Crippen molar-refractivity contribution in [2.75, 3.05) is 50.9 Å². The lowest BCUT2D eigenvalue weighted by Gasteiger charge is -2.36. The number of anilines is 1. The van der Waals surface area contributed by atoms with Crippen LogP contribution in [0.3, 0.4) is 0 Å². The van der Waals surface area contributed by atoms with Crippen molar-refractivity contribution in [1.82, 2.24) is 19.6 Å². The molecule has 0 saturated carbocycles. The Kier molecular flexibility index (Phi) is 7.07. The molecular weight excluding hydrogens is 408 g/mol. The third kappa shape index (κ3) is 5.66. The molecule has 0 radical (unpaired) electrons. The van der Waals surface area contributed by atoms with E-state index in [1.54, 1.807) is 19.2 Å². The van der Waals surface area contributed by atoms with Gasteiger partial charge >= 0.3 is 0 Å². The monoisotopic (exact) mass is 436 g/mol. The number of rotatable bonds is 6. The maximum Gasteiger partial charge on any atom is 0.205 e. The molecule has 1 saturated heterocycles. The number of piperazine rings is 1. The summed E-state index contributed by atoms with van der Waals surface area (Å²) >= 11 is 1.47. The highest BCUT2D eigenvalue weighted by Gasteiger charge is 2.21. The van der Waals surface area contributed by atoms with Crippen molar-refractivity contribution in [3.05, 3.63) is 35.7 Å². The topological polar surface area (TPSA) is 90.8 Å². The fourth-order valence-corrected chi connectivity index (χ4v) is 4.61. The lowest BCUT2D eigenvalue weighted by molar-refractivity contribution is 0.372. The van der Waals surface area contributed by atoms with Gasteiger partial charge in [0.15, 0.2) is 15.8 Å². The number of aromatic nitrogens is 2. The average molecular weight is 437 g/mol. The number of nitrogens with zero attached hydrogens (tertiary/aromatic N) is 5. The van der Waals surface area contributed by atoms with Crippen LogP contribution in [0.5, 0.6) is 0 Å². The third-order valence-electron chi connectivity index (χ3n) is 4.88. The van der Waals surface area contributed by atoms with Crippen molar-refractivity contribution >= 4 is 32.5 Å². The van der Waals surface area contributed by atoms with Crippen LogP contribution in [0.1, 0.15) is 18.3 Å². The minimum Gasteiger partial charge on any atom is -0.356 e. The Bertz CT molecular complexity index is 932. The molecule has 1 aliphatic rings. The Morgan fingerprint density at radius 1 is 1.21 bits per heavy atom. The van der Waals surface area contributed by atoms with Gasteiger partial charge in [-0.15, -0.1) is 0 Å². The molecule has 1 fully saturated rings. The van der Waals surface area contributed by atoms with Gasteiger partial charge in [0.2, 0.25) is 5.13 Å². The molecular formula is C19H28N6O2S2. The Hall–Kier alpha value is -2.20. The maximum absolute atomic E-state index is 11.5. The second-order valence-electron chi connectivity index (χ2n) is 6.96. The highest BCUT2D eigenvalue weighted by atomic mass is 32.2. The number of benzene rings is 1. The van der Waals surface area contributed by atoms with E-state index < -0.39 is 9.84 Å². The molecule has 3 rings (SSSR count). The first-order valence-corrected chi connectivity index (χ1v) is 12.4. The van der Waals surface area contributed by atoms with Crippen LogP contribution in [0.25, 0.3) is 0 Å². The van der Waals surface area contributed by atoms with E-state index in [4.69, 9.17) is 0 Å². The molecule has 1 aliphatic heterocycles. The van der Waals surface area contributed by atoms with Crippen molar-refractivity contribution in [3.8, 4) is 0 Å². The van der Waals surface area contributed by atoms with Crippen molar-refractivity contribution in [3.63, 3.8) is 0 Å². The number of aliphatic imine (C=N–C) groups is 1. The predicted octanol–water partition coefficient (Wildman–Crippen LogP) is 1.44. The van der Waals surface area contributed by atoms with Gasteiger partial charge in [0.25, 0.3) is 0 Å². The second-order valence-corrected chi connectivity index (χ2v) is 9.71. The molecule has 10 heteroatoms. The summed E-state index contributed by atoms with van der Waals surface area (Å²) in [5, 5.41) is 4.42. The van der Waals surface area contributed by atoms with Gasteiger partial charge in [-0.3, -0.25) is 4.99 Å². The van der Waals surface area contributed by atoms with E-state index in [-0.39, 0.29) is 0 Å². The van der Waals surface area contributed by atoms with Crippen molar-refractivity contribution < 1.29 is 8.42 Å². The molecule has 8 nitrogen and oxygen atoms in total. The van der Waals surface area contributed by atoms with E-state index in [1.807, 2.05) is 12.1 Å². The average Bonchev–Trinajstić information content (AvgIpc) is 3.20. The van der Waals surface area contributed by atoms with Crippen LogP contribution in [-0.4, -0.2) is 74.7 Å². The summed E-state index contributed by atoms with van der Waals surface area (Å²) in [4.78, 5) is 13.9. The molecule has 0 spiro atoms. The summed E-state index contributed by atoms with van der Waals surface area (Å²) in [5.41, 5.74) is 1.09. The minimum atomic E-state index is -3.15. The fourth-order valence-electron chi connectivity index (χ4n) is 3.18. The summed E-state index contributed by atoms with van der Waals surface area (Å²) in [6.07, 6.45) is 2.89. The van der Waals surface area contributed by atoms with Crippen LogP contribution in [0.2, 0.25) is 0 Å². The van der Waals surface area contributed by atoms with Crippen LogP contribution in [-0.2, 0) is 22.7 Å². The van der Waals surface area contributed by atoms with Gasteiger partial charge in [0, 0.05) is 64.0 Å². The van der Waals surface area contributed by atoms with E-state index in [2.05, 4.69) is 36.4 Å². The standard InChI is InChI=1S/C19H28N6O2S2/c1-4-17-22-19(28-23-17)25-13-11-24(12-14-25)18(20-2)21-10-9-15-5-7-16(8-6-15)29(3,26)27/h5-8H,4,9-14H2,1-3H3,(H,20,21). The van der Waals surface area contributed by atoms with Gasteiger partial charge < -0.3 is 15.1 Å². The summed E-state index contributed by atoms with van der Waals surface area (Å²) < 4.78 is 27.5. The molecule has 0 aliphatic carbocycles. The Labute approximate surface area is 176 Å². The van der Waals surface area contributed by atoms with Crippen LogP contribution < -0.4 is 10.2 Å². The zero-order valence-electron chi connectivity index (χ0n) is 17.1. The van der Waals surface area contributed by atoms with Crippen LogP contribution in [0.15, 0.2) is 34.2 Å². The summed E-state index contributed by atoms with van der Waals surface area (Å²) in [7, 11) is -1.35. The summed E-state index contributed by atoms with van der Waals surface area (Å²) in [5.74, 6) is 1.80. The van der Waals surface area contributed by atoms with Crippen LogP contribution >= 0.6 is 11.5 Å². The lowest BCUT2D eigenvalue weighted by Crippen LogP contribution is -2.52. The summed E-state index contributed by atoms with van der Waals surface area (Å²) in [6, 6.07) is 7.06. The molecule has 1 aromatic heterocycles. The number of nitrogens with one attached hydrogen (secondary N) is 1. The van der Waals surface area contributed by atoms with Crippen LogP contribution in [0, 0.1) is 0 Å². The number of hydrogen-bond donors (Lipinski definition) is 1. The second kappa shape index (κ2) is 9.53. The van der Waals surface area contributed by atoms with Gasteiger partial charge in [-0.25, -0.2) is 13.4 Å². The first-order chi connectivity index (χ1) is 13.9. The maximum atomic E-state index is 11.5. The molecule has 158 valence electrons. The van der Waals surface area contributed by atoms with Crippen LogP contribution in [0.4, 0.5) is 5.13 Å². The van der Waals surface area contributed by atoms with Crippen molar-refractivity contribution in [2.45, 2.75) is 24.7 Å². The minimum absolute atomic E-state index is 0.351. The molecule has 0 bridgehead atoms. The van der Waals surface area contributed by atoms with E-state index in [1.165, 1.54) is 17.8 Å². The quantitative estimate of drug-likeness (QED) is 0.541. The van der Waals surface area contributed by atoms with E-state index in [9.17, 15) is 8.42 Å². The van der Waals surface area contributed by atoms with E-state index in [0.29, 0.717) is 4.90 Å². The third-order valence-corrected chi connectivity index (χ3v) is 6.83. The first kappa shape index (κ1) is 21.5. The number of hydrogen-bond acceptors (Lipinski definition) is 7. The van der Waals surface area contributed by atoms with Crippen molar-refractivity contribution in [1.29, 1.82) is 0 Å². The van der Waals surface area contributed by atoms with E-state index in [0.717, 1.165) is 68.0 Å². The highest BCUT2D eigenvalue weighted by molar-refractivity contribution is 7.90. The number of sulfone groups is 1. The highest BCUT2D eigenvalue weighted by Crippen LogP contribution is 2.19. The normalized spacial score (nSPS) is 15.6. The first-order valence-electron chi connectivity index (χ1n) is 9.73. The molecule has 2 aromatic rings. The zero-order valence-corrected chi connectivity index (χ0v) is 18.8. The Balaban J connectivity index is 1.47. The zero-order chi connectivity index (χ0) is 20.9. The smallest absolute Gasteiger partial charge is 0.205 e. The molecule has 29 heavy (non-hydrogen) atoms. The molecule has 0 atom stereocenters. The SMILES string of the molecule is CCc1nsc(N2CCN(C(=NC)NCCc3ccc(S(C)(=O)=O)cc3)CC2)n1. The molecule has 0 unspecified atom stereocenters. The van der Waals surface area contributed by atoms with Crippen molar-refractivity contribution in [2.24, 2.45) is 4.99 Å². The van der Waals surface area contributed by atoms with E-state index >= 15 is 0 Å². The molecule has 1 N–H and O–H groups in total.